The van der Waals surface area contributed by atoms with E-state index in [1.807, 2.05) is 0 Å². The predicted octanol–water partition coefficient (Wildman–Crippen LogP) is 10.0. The molecule has 0 saturated heterocycles. The molecule has 0 radical (unpaired) electrons. The second kappa shape index (κ2) is 26.2. The molecule has 0 heterocycles. The number of rotatable bonds is 25. The number of hydrogen-bond acceptors (Lipinski definition) is 1. The number of carbonyl (C=O) groups is 1. The molecule has 2 nitrogen and oxygen atoms in total. The number of unbranched alkanes of at least 4 members (excludes halogenated alkanes) is 21. The fraction of sp³-hybridized carbons (Fsp3) is 0.893. The Balaban J connectivity index is 3.07. The highest BCUT2D eigenvalue weighted by molar-refractivity contribution is 5.66. The lowest BCUT2D eigenvalue weighted by Crippen LogP contribution is -1.93. The van der Waals surface area contributed by atoms with Gasteiger partial charge in [0.25, 0.3) is 0 Å². The summed E-state index contributed by atoms with van der Waals surface area (Å²) in [7, 11) is 0. The molecule has 1 N–H and O–H groups in total. The Kier molecular flexibility index (Phi) is 25.6. The summed E-state index contributed by atoms with van der Waals surface area (Å²) in [6, 6.07) is 0. The van der Waals surface area contributed by atoms with Crippen molar-refractivity contribution in [3.05, 3.63) is 12.2 Å². The maximum atomic E-state index is 10.4. The number of aliphatic carboxylic acids is 1. The lowest BCUT2D eigenvalue weighted by atomic mass is 10.0. The van der Waals surface area contributed by atoms with Crippen LogP contribution in [0.4, 0.5) is 0 Å². The Morgan fingerprint density at radius 2 is 0.800 bits per heavy atom. The molecule has 0 amide bonds. The second-order valence-corrected chi connectivity index (χ2v) is 9.26. The van der Waals surface area contributed by atoms with Crippen LogP contribution >= 0.6 is 0 Å². The molecule has 30 heavy (non-hydrogen) atoms. The average molecular weight is 423 g/mol. The number of carboxylic acid groups (broad SMARTS) is 1. The topological polar surface area (TPSA) is 37.3 Å². The van der Waals surface area contributed by atoms with Crippen LogP contribution in [-0.2, 0) is 4.79 Å². The van der Waals surface area contributed by atoms with Gasteiger partial charge < -0.3 is 5.11 Å². The molecule has 0 aliphatic heterocycles. The van der Waals surface area contributed by atoms with Crippen molar-refractivity contribution in [1.29, 1.82) is 0 Å². The third kappa shape index (κ3) is 27.2. The van der Waals surface area contributed by atoms with E-state index in [1.54, 1.807) is 0 Å². The third-order valence-corrected chi connectivity index (χ3v) is 6.15. The van der Waals surface area contributed by atoms with Gasteiger partial charge in [0.05, 0.1) is 0 Å². The first kappa shape index (κ1) is 29.2. The molecular formula is C28H54O2. The van der Waals surface area contributed by atoms with Crippen LogP contribution in [0.3, 0.4) is 0 Å². The van der Waals surface area contributed by atoms with E-state index in [2.05, 4.69) is 19.1 Å². The highest BCUT2D eigenvalue weighted by Crippen LogP contribution is 2.14. The molecule has 0 rings (SSSR count). The number of allylic oxidation sites excluding steroid dienone is 2. The zero-order valence-electron chi connectivity index (χ0n) is 20.5. The summed E-state index contributed by atoms with van der Waals surface area (Å²) in [4.78, 5) is 10.4. The summed E-state index contributed by atoms with van der Waals surface area (Å²) < 4.78 is 0. The molecule has 0 aliphatic rings. The maximum Gasteiger partial charge on any atom is 0.303 e. The molecule has 0 aromatic heterocycles. The SMILES string of the molecule is CCCCCCCCCCCCCCCCCC/C=C\CCCCCCCC(=O)O. The first-order valence-electron chi connectivity index (χ1n) is 13.6. The van der Waals surface area contributed by atoms with E-state index in [-0.39, 0.29) is 0 Å². The first-order valence-corrected chi connectivity index (χ1v) is 13.6. The molecule has 0 atom stereocenters. The second-order valence-electron chi connectivity index (χ2n) is 9.26. The van der Waals surface area contributed by atoms with Gasteiger partial charge in [-0.2, -0.15) is 0 Å². The van der Waals surface area contributed by atoms with Gasteiger partial charge in [-0.1, -0.05) is 135 Å². The minimum atomic E-state index is -0.660. The van der Waals surface area contributed by atoms with Gasteiger partial charge in [0.1, 0.15) is 0 Å². The number of carboxylic acids is 1. The van der Waals surface area contributed by atoms with Crippen LogP contribution in [0, 0.1) is 0 Å². The molecule has 0 bridgehead atoms. The third-order valence-electron chi connectivity index (χ3n) is 6.15. The van der Waals surface area contributed by atoms with Crippen LogP contribution < -0.4 is 0 Å². The molecule has 2 heteroatoms. The lowest BCUT2D eigenvalue weighted by molar-refractivity contribution is -0.137. The normalized spacial score (nSPS) is 11.5. The molecule has 178 valence electrons. The smallest absolute Gasteiger partial charge is 0.303 e. The molecule has 0 fully saturated rings. The Morgan fingerprint density at radius 1 is 0.500 bits per heavy atom. The minimum absolute atomic E-state index is 0.333. The van der Waals surface area contributed by atoms with E-state index in [9.17, 15) is 4.79 Å². The molecule has 0 unspecified atom stereocenters. The van der Waals surface area contributed by atoms with Gasteiger partial charge in [-0.05, 0) is 32.1 Å². The van der Waals surface area contributed by atoms with Crippen molar-refractivity contribution in [2.75, 3.05) is 0 Å². The Labute approximate surface area is 189 Å². The monoisotopic (exact) mass is 422 g/mol. The van der Waals surface area contributed by atoms with Crippen LogP contribution in [0.1, 0.15) is 161 Å². The quantitative estimate of drug-likeness (QED) is 0.117. The zero-order chi connectivity index (χ0) is 22.0. The molecule has 0 spiro atoms. The summed E-state index contributed by atoms with van der Waals surface area (Å²) in [6.07, 6.45) is 36.0. The number of hydrogen-bond donors (Lipinski definition) is 1. The van der Waals surface area contributed by atoms with Crippen molar-refractivity contribution < 1.29 is 9.90 Å². The molecule has 0 saturated carbocycles. The van der Waals surface area contributed by atoms with Crippen molar-refractivity contribution in [3.63, 3.8) is 0 Å². The van der Waals surface area contributed by atoms with E-state index < -0.39 is 5.97 Å². The van der Waals surface area contributed by atoms with Crippen LogP contribution in [-0.4, -0.2) is 11.1 Å². The van der Waals surface area contributed by atoms with E-state index in [4.69, 9.17) is 5.11 Å². The maximum absolute atomic E-state index is 10.4. The van der Waals surface area contributed by atoms with E-state index in [0.29, 0.717) is 6.42 Å². The first-order chi connectivity index (χ1) is 14.8. The van der Waals surface area contributed by atoms with E-state index >= 15 is 0 Å². The van der Waals surface area contributed by atoms with Crippen LogP contribution in [0.2, 0.25) is 0 Å². The van der Waals surface area contributed by atoms with Gasteiger partial charge >= 0.3 is 5.97 Å². The van der Waals surface area contributed by atoms with Gasteiger partial charge in [0.15, 0.2) is 0 Å². The van der Waals surface area contributed by atoms with Gasteiger partial charge in [-0.15, -0.1) is 0 Å². The van der Waals surface area contributed by atoms with Crippen molar-refractivity contribution in [2.24, 2.45) is 0 Å². The van der Waals surface area contributed by atoms with Gasteiger partial charge in [0.2, 0.25) is 0 Å². The van der Waals surface area contributed by atoms with Gasteiger partial charge in [0, 0.05) is 6.42 Å². The standard InChI is InChI=1S/C28H54O2/c1-2-3-4-5-6-7-8-9-10-11-12-13-14-15-16-17-18-19-20-21-22-23-24-25-26-27-28(29)30/h19-20H,2-18,21-27H2,1H3,(H,29,30)/b20-19-. The average Bonchev–Trinajstić information content (AvgIpc) is 2.73. The Bertz CT molecular complexity index is 362. The molecule has 0 aromatic carbocycles. The molecule has 0 aliphatic carbocycles. The highest BCUT2D eigenvalue weighted by Gasteiger charge is 1.96. The molecular weight excluding hydrogens is 368 g/mol. The van der Waals surface area contributed by atoms with Crippen LogP contribution in [0.15, 0.2) is 12.2 Å². The minimum Gasteiger partial charge on any atom is -0.481 e. The lowest BCUT2D eigenvalue weighted by Gasteiger charge is -2.03. The summed E-state index contributed by atoms with van der Waals surface area (Å²) in [5.74, 6) is -0.660. The fourth-order valence-electron chi connectivity index (χ4n) is 4.11. The largest absolute Gasteiger partial charge is 0.481 e. The fourth-order valence-corrected chi connectivity index (χ4v) is 4.11. The summed E-state index contributed by atoms with van der Waals surface area (Å²) in [6.45, 7) is 2.29. The highest BCUT2D eigenvalue weighted by atomic mass is 16.4. The summed E-state index contributed by atoms with van der Waals surface area (Å²) >= 11 is 0. The Hall–Kier alpha value is -0.790. The summed E-state index contributed by atoms with van der Waals surface area (Å²) in [5, 5.41) is 8.59. The van der Waals surface area contributed by atoms with E-state index in [0.717, 1.165) is 12.8 Å². The van der Waals surface area contributed by atoms with Crippen LogP contribution in [0.25, 0.3) is 0 Å². The predicted molar refractivity (Wildman–Crippen MR) is 133 cm³/mol. The van der Waals surface area contributed by atoms with Gasteiger partial charge in [-0.25, -0.2) is 0 Å². The van der Waals surface area contributed by atoms with Crippen molar-refractivity contribution >= 4 is 5.97 Å². The van der Waals surface area contributed by atoms with Gasteiger partial charge in [-0.3, -0.25) is 4.79 Å². The molecule has 0 aromatic rings. The Morgan fingerprint density at radius 3 is 1.13 bits per heavy atom. The van der Waals surface area contributed by atoms with Crippen LogP contribution in [0.5, 0.6) is 0 Å². The van der Waals surface area contributed by atoms with Crippen molar-refractivity contribution in [2.45, 2.75) is 161 Å². The van der Waals surface area contributed by atoms with Crippen molar-refractivity contribution in [1.82, 2.24) is 0 Å². The summed E-state index contributed by atoms with van der Waals surface area (Å²) in [5.41, 5.74) is 0. The zero-order valence-corrected chi connectivity index (χ0v) is 20.5. The van der Waals surface area contributed by atoms with E-state index in [1.165, 1.54) is 135 Å². The van der Waals surface area contributed by atoms with Crippen molar-refractivity contribution in [3.8, 4) is 0 Å².